The number of anilines is 1. The third-order valence-electron chi connectivity index (χ3n) is 3.05. The zero-order valence-corrected chi connectivity index (χ0v) is 13.8. The maximum Gasteiger partial charge on any atom is 0.263 e. The fourth-order valence-electron chi connectivity index (χ4n) is 1.71. The van der Waals surface area contributed by atoms with Gasteiger partial charge in [-0.1, -0.05) is 29.8 Å². The predicted octanol–water partition coefficient (Wildman–Crippen LogP) is 2.99. The molecule has 108 valence electrons. The molecule has 0 aliphatic rings. The summed E-state index contributed by atoms with van der Waals surface area (Å²) in [5.74, 6) is -0.193. The van der Waals surface area contributed by atoms with Crippen LogP contribution in [0.15, 0.2) is 22.7 Å². The van der Waals surface area contributed by atoms with Gasteiger partial charge < -0.3 is 16.2 Å². The lowest BCUT2D eigenvalue weighted by Crippen LogP contribution is -2.35. The molecule has 6 heteroatoms. The molecule has 0 radical (unpaired) electrons. The fourth-order valence-corrected chi connectivity index (χ4v) is 3.09. The minimum Gasteiger partial charge on any atom is -0.397 e. The van der Waals surface area contributed by atoms with E-state index in [4.69, 9.17) is 5.73 Å². The highest BCUT2D eigenvalue weighted by Gasteiger charge is 2.21. The van der Waals surface area contributed by atoms with Crippen molar-refractivity contribution in [2.45, 2.75) is 13.8 Å². The van der Waals surface area contributed by atoms with Gasteiger partial charge in [-0.3, -0.25) is 4.79 Å². The van der Waals surface area contributed by atoms with Crippen molar-refractivity contribution in [3.05, 3.63) is 27.5 Å². The summed E-state index contributed by atoms with van der Waals surface area (Å²) in [5.41, 5.74) is 6.22. The molecule has 0 unspecified atom stereocenters. The van der Waals surface area contributed by atoms with Gasteiger partial charge >= 0.3 is 0 Å². The van der Waals surface area contributed by atoms with Gasteiger partial charge in [0.1, 0.15) is 4.88 Å². The van der Waals surface area contributed by atoms with Crippen LogP contribution in [0.3, 0.4) is 0 Å². The second kappa shape index (κ2) is 5.71. The van der Waals surface area contributed by atoms with E-state index in [1.165, 1.54) is 11.3 Å². The van der Waals surface area contributed by atoms with E-state index < -0.39 is 0 Å². The van der Waals surface area contributed by atoms with E-state index >= 15 is 0 Å². The molecule has 0 fully saturated rings. The molecular formula is C14H17BrN2O2S. The number of rotatable bonds is 4. The molecule has 0 bridgehead atoms. The average Bonchev–Trinajstić information content (AvgIpc) is 2.74. The van der Waals surface area contributed by atoms with Crippen LogP contribution in [-0.4, -0.2) is 24.2 Å². The molecule has 0 atom stereocenters. The molecule has 2 aromatic rings. The summed E-state index contributed by atoms with van der Waals surface area (Å²) in [6, 6.07) is 5.78. The van der Waals surface area contributed by atoms with E-state index in [9.17, 15) is 9.90 Å². The van der Waals surface area contributed by atoms with E-state index in [-0.39, 0.29) is 17.9 Å². The van der Waals surface area contributed by atoms with Gasteiger partial charge in [0.15, 0.2) is 0 Å². The number of amides is 1. The molecule has 20 heavy (non-hydrogen) atoms. The summed E-state index contributed by atoms with van der Waals surface area (Å²) in [4.78, 5) is 12.7. The number of carbonyl (C=O) groups excluding carboxylic acids is 1. The van der Waals surface area contributed by atoms with Crippen LogP contribution in [0.5, 0.6) is 0 Å². The SMILES string of the molecule is CC(C)(CO)CNC(=O)c1sc2ccc(Br)cc2c1N. The molecular weight excluding hydrogens is 340 g/mol. The first-order valence-electron chi connectivity index (χ1n) is 6.20. The van der Waals surface area contributed by atoms with Crippen molar-refractivity contribution in [2.24, 2.45) is 5.41 Å². The maximum atomic E-state index is 12.2. The zero-order valence-electron chi connectivity index (χ0n) is 11.4. The quantitative estimate of drug-likeness (QED) is 0.788. The Morgan fingerprint density at radius 2 is 2.20 bits per heavy atom. The number of nitrogens with one attached hydrogen (secondary N) is 1. The van der Waals surface area contributed by atoms with Crippen LogP contribution in [-0.2, 0) is 0 Å². The standard InChI is InChI=1S/C14H17BrN2O2S/c1-14(2,7-18)6-17-13(19)12-11(16)9-5-8(15)3-4-10(9)20-12/h3-5,18H,6-7,16H2,1-2H3,(H,17,19). The molecule has 0 saturated heterocycles. The number of hydrogen-bond acceptors (Lipinski definition) is 4. The van der Waals surface area contributed by atoms with Gasteiger partial charge in [-0.15, -0.1) is 11.3 Å². The Balaban J connectivity index is 2.25. The second-order valence-corrected chi connectivity index (χ2v) is 7.46. The normalized spacial score (nSPS) is 11.8. The third-order valence-corrected chi connectivity index (χ3v) is 4.73. The number of aliphatic hydroxyl groups excluding tert-OH is 1. The molecule has 1 amide bonds. The minimum atomic E-state index is -0.343. The summed E-state index contributed by atoms with van der Waals surface area (Å²) in [5, 5.41) is 12.9. The van der Waals surface area contributed by atoms with Crippen molar-refractivity contribution in [1.82, 2.24) is 5.32 Å². The highest BCUT2D eigenvalue weighted by molar-refractivity contribution is 9.10. The van der Waals surface area contributed by atoms with Crippen LogP contribution in [0.2, 0.25) is 0 Å². The first-order chi connectivity index (χ1) is 9.34. The summed E-state index contributed by atoms with van der Waals surface area (Å²) < 4.78 is 1.92. The largest absolute Gasteiger partial charge is 0.397 e. The smallest absolute Gasteiger partial charge is 0.263 e. The second-order valence-electron chi connectivity index (χ2n) is 5.49. The number of nitrogen functional groups attached to an aromatic ring is 1. The first-order valence-corrected chi connectivity index (χ1v) is 7.81. The molecule has 0 spiro atoms. The zero-order chi connectivity index (χ0) is 14.9. The Hall–Kier alpha value is -1.11. The van der Waals surface area contributed by atoms with Crippen molar-refractivity contribution in [1.29, 1.82) is 0 Å². The first kappa shape index (κ1) is 15.3. The van der Waals surface area contributed by atoms with Gasteiger partial charge in [-0.05, 0) is 18.2 Å². The number of thiophene rings is 1. The Bertz CT molecular complexity index is 652. The Morgan fingerprint density at radius 1 is 1.50 bits per heavy atom. The number of carbonyl (C=O) groups is 1. The van der Waals surface area contributed by atoms with Crippen LogP contribution in [0.25, 0.3) is 10.1 Å². The van der Waals surface area contributed by atoms with E-state index in [0.29, 0.717) is 17.1 Å². The summed E-state index contributed by atoms with van der Waals surface area (Å²) >= 11 is 4.78. The van der Waals surface area contributed by atoms with E-state index in [0.717, 1.165) is 14.6 Å². The van der Waals surface area contributed by atoms with E-state index in [1.807, 2.05) is 32.0 Å². The van der Waals surface area contributed by atoms with Gasteiger partial charge in [0, 0.05) is 33.1 Å². The van der Waals surface area contributed by atoms with Crippen LogP contribution >= 0.6 is 27.3 Å². The van der Waals surface area contributed by atoms with Crippen LogP contribution < -0.4 is 11.1 Å². The van der Waals surface area contributed by atoms with Crippen molar-refractivity contribution in [3.63, 3.8) is 0 Å². The molecule has 1 heterocycles. The fraction of sp³-hybridized carbons (Fsp3) is 0.357. The van der Waals surface area contributed by atoms with Crippen molar-refractivity contribution >= 4 is 48.9 Å². The van der Waals surface area contributed by atoms with Gasteiger partial charge in [0.2, 0.25) is 0 Å². The number of benzene rings is 1. The van der Waals surface area contributed by atoms with Gasteiger partial charge in [0.05, 0.1) is 5.69 Å². The number of fused-ring (bicyclic) bond motifs is 1. The maximum absolute atomic E-state index is 12.2. The van der Waals surface area contributed by atoms with Crippen molar-refractivity contribution < 1.29 is 9.90 Å². The van der Waals surface area contributed by atoms with E-state index in [1.54, 1.807) is 0 Å². The van der Waals surface area contributed by atoms with Crippen LogP contribution in [0.1, 0.15) is 23.5 Å². The van der Waals surface area contributed by atoms with Crippen LogP contribution in [0, 0.1) is 5.41 Å². The molecule has 0 aliphatic heterocycles. The Labute approximate surface area is 130 Å². The summed E-state index contributed by atoms with van der Waals surface area (Å²) in [6.07, 6.45) is 0. The highest BCUT2D eigenvalue weighted by Crippen LogP contribution is 2.35. The average molecular weight is 357 g/mol. The lowest BCUT2D eigenvalue weighted by molar-refractivity contribution is 0.0916. The summed E-state index contributed by atoms with van der Waals surface area (Å²) in [7, 11) is 0. The third kappa shape index (κ3) is 3.13. The van der Waals surface area contributed by atoms with Crippen molar-refractivity contribution in [2.75, 3.05) is 18.9 Å². The number of nitrogens with two attached hydrogens (primary N) is 1. The monoisotopic (exact) mass is 356 g/mol. The van der Waals surface area contributed by atoms with E-state index in [2.05, 4.69) is 21.2 Å². The molecule has 2 rings (SSSR count). The summed E-state index contributed by atoms with van der Waals surface area (Å²) in [6.45, 7) is 4.19. The number of aliphatic hydroxyl groups is 1. The molecule has 0 saturated carbocycles. The van der Waals surface area contributed by atoms with Gasteiger partial charge in [-0.25, -0.2) is 0 Å². The molecule has 0 aliphatic carbocycles. The number of halogens is 1. The Kier molecular flexibility index (Phi) is 4.36. The lowest BCUT2D eigenvalue weighted by Gasteiger charge is -2.21. The topological polar surface area (TPSA) is 75.3 Å². The molecule has 1 aromatic heterocycles. The highest BCUT2D eigenvalue weighted by atomic mass is 79.9. The predicted molar refractivity (Wildman–Crippen MR) is 87.1 cm³/mol. The lowest BCUT2D eigenvalue weighted by atomic mass is 9.95. The minimum absolute atomic E-state index is 0.0160. The molecule has 4 N–H and O–H groups in total. The molecule has 1 aromatic carbocycles. The molecule has 4 nitrogen and oxygen atoms in total. The Morgan fingerprint density at radius 3 is 2.85 bits per heavy atom. The van der Waals surface area contributed by atoms with Gasteiger partial charge in [0.25, 0.3) is 5.91 Å². The van der Waals surface area contributed by atoms with Crippen molar-refractivity contribution in [3.8, 4) is 0 Å². The van der Waals surface area contributed by atoms with Crippen LogP contribution in [0.4, 0.5) is 5.69 Å². The number of hydrogen-bond donors (Lipinski definition) is 3. The van der Waals surface area contributed by atoms with Gasteiger partial charge in [-0.2, -0.15) is 0 Å².